The van der Waals surface area contributed by atoms with Crippen molar-refractivity contribution < 1.29 is 28.6 Å². The SMILES string of the molecule is COc1cc(/C=C(\NC(=O)c2ccccc2)C(=O)Nc2ccc(SC(C(=O)Nc3cccc(C)c3C)c3ccccc3)cc2)cc(OC)c1OC. The van der Waals surface area contributed by atoms with Crippen LogP contribution in [0.5, 0.6) is 17.2 Å². The molecule has 0 saturated heterocycles. The zero-order valence-electron chi connectivity index (χ0n) is 29.0. The van der Waals surface area contributed by atoms with Gasteiger partial charge in [-0.05, 0) is 96.8 Å². The molecule has 0 aliphatic carbocycles. The number of aryl methyl sites for hydroxylation is 1. The zero-order chi connectivity index (χ0) is 36.3. The molecule has 5 rings (SSSR count). The first-order valence-electron chi connectivity index (χ1n) is 16.1. The van der Waals surface area contributed by atoms with Crippen LogP contribution in [0.4, 0.5) is 11.4 Å². The van der Waals surface area contributed by atoms with Crippen LogP contribution in [0.25, 0.3) is 6.08 Å². The first-order valence-corrected chi connectivity index (χ1v) is 17.0. The number of carbonyl (C=O) groups is 3. The van der Waals surface area contributed by atoms with Gasteiger partial charge in [0.25, 0.3) is 11.8 Å². The third kappa shape index (κ3) is 9.17. The van der Waals surface area contributed by atoms with E-state index in [1.807, 2.05) is 74.5 Å². The van der Waals surface area contributed by atoms with E-state index in [1.165, 1.54) is 39.2 Å². The summed E-state index contributed by atoms with van der Waals surface area (Å²) in [5.74, 6) is 0.0224. The number of thioether (sulfide) groups is 1. The standard InChI is InChI=1S/C41H39N3O6S/c1-26-13-12-18-33(27(26)2)43-41(47)38(29-14-8-6-9-15-29)51-32-21-19-31(20-22-32)42-40(46)34(44-39(45)30-16-10-7-11-17-30)23-28-24-35(48-3)37(50-5)36(25-28)49-4/h6-25,38H,1-5H3,(H,42,46)(H,43,47)(H,44,45)/b34-23-. The maximum absolute atomic E-state index is 13.7. The fourth-order valence-electron chi connectivity index (χ4n) is 5.23. The highest BCUT2D eigenvalue weighted by molar-refractivity contribution is 8.00. The minimum absolute atomic E-state index is 0.0103. The number of hydrogen-bond acceptors (Lipinski definition) is 7. The molecule has 260 valence electrons. The van der Waals surface area contributed by atoms with Crippen LogP contribution in [-0.4, -0.2) is 39.1 Å². The van der Waals surface area contributed by atoms with Crippen molar-refractivity contribution in [3.05, 3.63) is 149 Å². The lowest BCUT2D eigenvalue weighted by molar-refractivity contribution is -0.116. The molecule has 0 heterocycles. The summed E-state index contributed by atoms with van der Waals surface area (Å²) in [7, 11) is 4.50. The van der Waals surface area contributed by atoms with E-state index < -0.39 is 17.1 Å². The van der Waals surface area contributed by atoms with Crippen LogP contribution < -0.4 is 30.2 Å². The zero-order valence-corrected chi connectivity index (χ0v) is 29.8. The van der Waals surface area contributed by atoms with Crippen molar-refractivity contribution in [3.8, 4) is 17.2 Å². The molecule has 0 aliphatic heterocycles. The van der Waals surface area contributed by atoms with Gasteiger partial charge in [-0.15, -0.1) is 11.8 Å². The molecule has 0 aromatic heterocycles. The number of carbonyl (C=O) groups excluding carboxylic acids is 3. The molecule has 51 heavy (non-hydrogen) atoms. The van der Waals surface area contributed by atoms with Gasteiger partial charge in [0.2, 0.25) is 11.7 Å². The summed E-state index contributed by atoms with van der Waals surface area (Å²) in [5.41, 5.74) is 5.14. The van der Waals surface area contributed by atoms with Gasteiger partial charge in [-0.25, -0.2) is 0 Å². The quantitative estimate of drug-likeness (QED) is 0.0838. The molecule has 0 spiro atoms. The highest BCUT2D eigenvalue weighted by Crippen LogP contribution is 2.39. The summed E-state index contributed by atoms with van der Waals surface area (Å²) < 4.78 is 16.4. The number of amides is 3. The Kier molecular flexibility index (Phi) is 12.2. The molecular formula is C41H39N3O6S. The number of hydrogen-bond donors (Lipinski definition) is 3. The summed E-state index contributed by atoms with van der Waals surface area (Å²) in [4.78, 5) is 41.4. The lowest BCUT2D eigenvalue weighted by Gasteiger charge is -2.19. The Hall–Kier alpha value is -6.00. The van der Waals surface area contributed by atoms with E-state index in [0.717, 1.165) is 27.3 Å². The number of nitrogens with one attached hydrogen (secondary N) is 3. The average molecular weight is 702 g/mol. The van der Waals surface area contributed by atoms with Crippen molar-refractivity contribution in [2.24, 2.45) is 0 Å². The van der Waals surface area contributed by atoms with Crippen LogP contribution in [0.15, 0.2) is 126 Å². The second kappa shape index (κ2) is 17.1. The lowest BCUT2D eigenvalue weighted by Crippen LogP contribution is -2.30. The third-order valence-corrected chi connectivity index (χ3v) is 9.36. The normalized spacial score (nSPS) is 11.6. The van der Waals surface area contributed by atoms with Crippen molar-refractivity contribution >= 4 is 46.9 Å². The molecule has 0 bridgehead atoms. The average Bonchev–Trinajstić information content (AvgIpc) is 3.16. The van der Waals surface area contributed by atoms with Gasteiger partial charge >= 0.3 is 0 Å². The van der Waals surface area contributed by atoms with Gasteiger partial charge in [0, 0.05) is 21.8 Å². The van der Waals surface area contributed by atoms with Crippen LogP contribution in [0.1, 0.15) is 37.9 Å². The van der Waals surface area contributed by atoms with E-state index in [9.17, 15) is 14.4 Å². The van der Waals surface area contributed by atoms with Crippen LogP contribution in [0.2, 0.25) is 0 Å². The Morgan fingerprint density at radius 2 is 1.33 bits per heavy atom. The van der Waals surface area contributed by atoms with Gasteiger partial charge in [-0.2, -0.15) is 0 Å². The maximum Gasteiger partial charge on any atom is 0.272 e. The summed E-state index contributed by atoms with van der Waals surface area (Å²) in [6.07, 6.45) is 1.53. The van der Waals surface area contributed by atoms with E-state index in [4.69, 9.17) is 14.2 Å². The van der Waals surface area contributed by atoms with Crippen molar-refractivity contribution in [2.75, 3.05) is 32.0 Å². The van der Waals surface area contributed by atoms with E-state index in [2.05, 4.69) is 16.0 Å². The topological polar surface area (TPSA) is 115 Å². The Morgan fingerprint density at radius 3 is 1.94 bits per heavy atom. The van der Waals surface area contributed by atoms with Gasteiger partial charge in [0.05, 0.1) is 21.3 Å². The molecule has 10 heteroatoms. The second-order valence-corrected chi connectivity index (χ2v) is 12.6. The molecule has 0 radical (unpaired) electrons. The van der Waals surface area contributed by atoms with Gasteiger partial charge in [-0.3, -0.25) is 14.4 Å². The Bertz CT molecular complexity index is 2010. The molecule has 0 fully saturated rings. The predicted molar refractivity (Wildman–Crippen MR) is 203 cm³/mol. The van der Waals surface area contributed by atoms with Crippen LogP contribution in [0.3, 0.4) is 0 Å². The number of methoxy groups -OCH3 is 3. The molecule has 5 aromatic carbocycles. The second-order valence-electron chi connectivity index (χ2n) is 11.5. The van der Waals surface area contributed by atoms with Crippen molar-refractivity contribution in [2.45, 2.75) is 24.0 Å². The maximum atomic E-state index is 13.7. The van der Waals surface area contributed by atoms with E-state index in [0.29, 0.717) is 34.1 Å². The van der Waals surface area contributed by atoms with Crippen molar-refractivity contribution in [1.29, 1.82) is 0 Å². The molecule has 5 aromatic rings. The molecule has 0 aliphatic rings. The smallest absolute Gasteiger partial charge is 0.272 e. The summed E-state index contributed by atoms with van der Waals surface area (Å²) in [6, 6.07) is 34.6. The van der Waals surface area contributed by atoms with Gasteiger partial charge in [0.1, 0.15) is 10.9 Å². The highest BCUT2D eigenvalue weighted by Gasteiger charge is 2.23. The minimum atomic E-state index is -0.552. The first kappa shape index (κ1) is 36.3. The monoisotopic (exact) mass is 701 g/mol. The number of rotatable bonds is 13. The number of ether oxygens (including phenoxy) is 3. The van der Waals surface area contributed by atoms with Crippen LogP contribution in [0, 0.1) is 13.8 Å². The molecular weight excluding hydrogens is 663 g/mol. The molecule has 1 unspecified atom stereocenters. The molecule has 3 N–H and O–H groups in total. The van der Waals surface area contributed by atoms with Crippen molar-refractivity contribution in [1.82, 2.24) is 5.32 Å². The Labute approximate surface area is 302 Å². The number of benzene rings is 5. The van der Waals surface area contributed by atoms with E-state index >= 15 is 0 Å². The minimum Gasteiger partial charge on any atom is -0.493 e. The molecule has 0 saturated carbocycles. The largest absolute Gasteiger partial charge is 0.493 e. The summed E-state index contributed by atoms with van der Waals surface area (Å²) in [5, 5.41) is 8.20. The molecule has 3 amide bonds. The summed E-state index contributed by atoms with van der Waals surface area (Å²) in [6.45, 7) is 4.00. The van der Waals surface area contributed by atoms with Crippen molar-refractivity contribution in [3.63, 3.8) is 0 Å². The number of anilines is 2. The predicted octanol–water partition coefficient (Wildman–Crippen LogP) is 8.21. The lowest BCUT2D eigenvalue weighted by atomic mass is 10.1. The Morgan fingerprint density at radius 1 is 0.706 bits per heavy atom. The van der Waals surface area contributed by atoms with Gasteiger partial charge in [-0.1, -0.05) is 60.7 Å². The van der Waals surface area contributed by atoms with Crippen LogP contribution in [-0.2, 0) is 9.59 Å². The third-order valence-electron chi connectivity index (χ3n) is 8.10. The van der Waals surface area contributed by atoms with Gasteiger partial charge in [0.15, 0.2) is 11.5 Å². The Balaban J connectivity index is 1.39. The van der Waals surface area contributed by atoms with E-state index in [-0.39, 0.29) is 11.6 Å². The van der Waals surface area contributed by atoms with Gasteiger partial charge < -0.3 is 30.2 Å². The van der Waals surface area contributed by atoms with E-state index in [1.54, 1.807) is 54.6 Å². The summed E-state index contributed by atoms with van der Waals surface area (Å²) >= 11 is 1.40. The van der Waals surface area contributed by atoms with Crippen LogP contribution >= 0.6 is 11.8 Å². The molecule has 9 nitrogen and oxygen atoms in total. The first-order chi connectivity index (χ1) is 24.7. The molecule has 1 atom stereocenters. The fourth-order valence-corrected chi connectivity index (χ4v) is 6.26. The fraction of sp³-hybridized carbons (Fsp3) is 0.146. The highest BCUT2D eigenvalue weighted by atomic mass is 32.2.